The maximum Gasteiger partial charge on any atom is 0.328 e. The first kappa shape index (κ1) is 27.7. The third kappa shape index (κ3) is 9.03. The van der Waals surface area contributed by atoms with E-state index >= 15 is 0 Å². The number of hydrogen-bond acceptors (Lipinski definition) is 10. The summed E-state index contributed by atoms with van der Waals surface area (Å²) in [5.74, 6) is -2.30. The molecule has 12 nitrogen and oxygen atoms in total. The minimum absolute atomic E-state index is 0.296. The molecule has 0 spiro atoms. The smallest absolute Gasteiger partial charge is 0.328 e. The zero-order valence-corrected chi connectivity index (χ0v) is 17.4. The lowest BCUT2D eigenvalue weighted by atomic mass is 10.0. The molecule has 174 valence electrons. The molecule has 6 unspecified atom stereocenters. The Labute approximate surface area is 174 Å². The molecule has 0 aromatic rings. The van der Waals surface area contributed by atoms with Crippen LogP contribution in [0.5, 0.6) is 0 Å². The van der Waals surface area contributed by atoms with Crippen LogP contribution < -0.4 is 10.6 Å². The molecule has 0 rings (SSSR count). The fourth-order valence-electron chi connectivity index (χ4n) is 2.38. The molecule has 0 aliphatic rings. The molecule has 0 heterocycles. The number of amides is 2. The van der Waals surface area contributed by atoms with Crippen LogP contribution in [-0.2, 0) is 28.7 Å². The molecule has 0 saturated carbocycles. The summed E-state index contributed by atoms with van der Waals surface area (Å²) in [7, 11) is 0. The molecule has 0 aliphatic heterocycles. The quantitative estimate of drug-likeness (QED) is 0.114. The summed E-state index contributed by atoms with van der Waals surface area (Å²) in [5, 5.41) is 44.2. The zero-order chi connectivity index (χ0) is 23.4. The largest absolute Gasteiger partial charge is 0.461 e. The molecule has 12 heteroatoms. The van der Waals surface area contributed by atoms with Crippen LogP contribution in [0.25, 0.3) is 0 Å². The van der Waals surface area contributed by atoms with Crippen LogP contribution in [0.2, 0.25) is 0 Å². The second-order valence-corrected chi connectivity index (χ2v) is 7.39. The minimum atomic E-state index is -1.93. The Bertz CT molecular complexity index is 509. The van der Waals surface area contributed by atoms with E-state index in [1.54, 1.807) is 27.7 Å². The van der Waals surface area contributed by atoms with Gasteiger partial charge in [-0.05, 0) is 11.8 Å². The maximum absolute atomic E-state index is 11.9. The Balaban J connectivity index is 4.66. The molecule has 0 saturated heterocycles. The fraction of sp³-hybridized carbons (Fsp3) is 0.778. The molecule has 0 aliphatic carbocycles. The molecule has 2 amide bonds. The van der Waals surface area contributed by atoms with Gasteiger partial charge in [0.15, 0.2) is 0 Å². The normalized spacial score (nSPS) is 17.3. The van der Waals surface area contributed by atoms with E-state index in [2.05, 4.69) is 10.6 Å². The lowest BCUT2D eigenvalue weighted by Crippen LogP contribution is -2.49. The number of esters is 2. The van der Waals surface area contributed by atoms with Gasteiger partial charge in [0.05, 0.1) is 0 Å². The van der Waals surface area contributed by atoms with Crippen LogP contribution in [0.4, 0.5) is 0 Å². The molecule has 6 atom stereocenters. The molecule has 0 bridgehead atoms. The van der Waals surface area contributed by atoms with Crippen LogP contribution in [0.15, 0.2) is 0 Å². The monoisotopic (exact) mass is 436 g/mol. The Morgan fingerprint density at radius 2 is 1.03 bits per heavy atom. The van der Waals surface area contributed by atoms with Gasteiger partial charge in [0.25, 0.3) is 0 Å². The first-order chi connectivity index (χ1) is 14.0. The number of carbonyl (C=O) groups excluding carboxylic acids is 4. The third-order valence-electron chi connectivity index (χ3n) is 4.27. The first-order valence-corrected chi connectivity index (χ1v) is 9.42. The van der Waals surface area contributed by atoms with Crippen molar-refractivity contribution in [2.45, 2.75) is 64.2 Å². The lowest BCUT2D eigenvalue weighted by molar-refractivity contribution is -0.165. The summed E-state index contributed by atoms with van der Waals surface area (Å²) in [6.45, 7) is 5.19. The molecule has 0 radical (unpaired) electrons. The Morgan fingerprint density at radius 3 is 1.27 bits per heavy atom. The van der Waals surface area contributed by atoms with Gasteiger partial charge in [-0.1, -0.05) is 27.7 Å². The van der Waals surface area contributed by atoms with Gasteiger partial charge in [0.1, 0.15) is 49.7 Å². The fourth-order valence-corrected chi connectivity index (χ4v) is 2.38. The van der Waals surface area contributed by atoms with Crippen molar-refractivity contribution >= 4 is 24.8 Å². The molecule has 6 N–H and O–H groups in total. The number of rotatable bonds is 15. The predicted octanol–water partition coefficient (Wildman–Crippen LogP) is -2.94. The van der Waals surface area contributed by atoms with Crippen molar-refractivity contribution < 1.29 is 49.1 Å². The summed E-state index contributed by atoms with van der Waals surface area (Å²) in [5.41, 5.74) is 0. The maximum atomic E-state index is 11.9. The number of nitrogens with one attached hydrogen (secondary N) is 2. The molecule has 30 heavy (non-hydrogen) atoms. The SMILES string of the molecule is CC(C)C(NC=O)C(=O)OCC(O)C(O)C(O)C(O)COC(=O)C(NC=O)C(C)C. The van der Waals surface area contributed by atoms with E-state index < -0.39 is 61.7 Å². The number of hydrogen-bond donors (Lipinski definition) is 6. The van der Waals surface area contributed by atoms with E-state index in [0.717, 1.165) is 0 Å². The summed E-state index contributed by atoms with van der Waals surface area (Å²) >= 11 is 0. The van der Waals surface area contributed by atoms with Gasteiger partial charge in [-0.15, -0.1) is 0 Å². The van der Waals surface area contributed by atoms with Crippen molar-refractivity contribution in [1.82, 2.24) is 10.6 Å². The minimum Gasteiger partial charge on any atom is -0.461 e. The Hall–Kier alpha value is -2.28. The first-order valence-electron chi connectivity index (χ1n) is 9.42. The van der Waals surface area contributed by atoms with E-state index in [1.807, 2.05) is 0 Å². The van der Waals surface area contributed by atoms with Crippen molar-refractivity contribution in [3.63, 3.8) is 0 Å². The molecule has 0 aromatic carbocycles. The van der Waals surface area contributed by atoms with E-state index in [1.165, 1.54) is 0 Å². The average molecular weight is 436 g/mol. The molecular formula is C18H32N2O10. The molecular weight excluding hydrogens is 404 g/mol. The van der Waals surface area contributed by atoms with Crippen molar-refractivity contribution in [2.75, 3.05) is 13.2 Å². The van der Waals surface area contributed by atoms with E-state index in [0.29, 0.717) is 12.8 Å². The topological polar surface area (TPSA) is 192 Å². The highest BCUT2D eigenvalue weighted by molar-refractivity contribution is 5.79. The molecule has 0 aromatic heterocycles. The van der Waals surface area contributed by atoms with Crippen LogP contribution in [0, 0.1) is 11.8 Å². The standard InChI is InChI=1S/C18H32N2O10/c1-9(2)13(19-7-21)17(27)29-5-11(23)15(25)16(26)12(24)6-30-18(28)14(10(3)4)20-8-22/h7-16,23-26H,5-6H2,1-4H3,(H,19,21)(H,20,22). The lowest BCUT2D eigenvalue weighted by Gasteiger charge is -2.27. The number of aliphatic hydroxyl groups excluding tert-OH is 4. The van der Waals surface area contributed by atoms with Crippen LogP contribution in [0.3, 0.4) is 0 Å². The van der Waals surface area contributed by atoms with Gasteiger partial charge in [-0.25, -0.2) is 9.59 Å². The Kier molecular flexibility index (Phi) is 12.8. The number of aliphatic hydroxyl groups is 4. The second-order valence-electron chi connectivity index (χ2n) is 7.39. The Morgan fingerprint density at radius 1 is 0.733 bits per heavy atom. The van der Waals surface area contributed by atoms with Crippen LogP contribution in [-0.4, -0.2) is 94.9 Å². The van der Waals surface area contributed by atoms with Gasteiger partial charge < -0.3 is 40.5 Å². The summed E-state index contributed by atoms with van der Waals surface area (Å²) < 4.78 is 9.65. The van der Waals surface area contributed by atoms with Gasteiger partial charge >= 0.3 is 11.9 Å². The van der Waals surface area contributed by atoms with Gasteiger partial charge in [-0.3, -0.25) is 9.59 Å². The average Bonchev–Trinajstić information content (AvgIpc) is 2.69. The summed E-state index contributed by atoms with van der Waals surface area (Å²) in [4.78, 5) is 44.9. The number of carbonyl (C=O) groups is 4. The molecule has 0 fully saturated rings. The summed E-state index contributed by atoms with van der Waals surface area (Å²) in [6, 6.07) is -1.92. The van der Waals surface area contributed by atoms with Crippen LogP contribution >= 0.6 is 0 Å². The van der Waals surface area contributed by atoms with Crippen molar-refractivity contribution in [1.29, 1.82) is 0 Å². The highest BCUT2D eigenvalue weighted by Crippen LogP contribution is 2.10. The highest BCUT2D eigenvalue weighted by atomic mass is 16.6. The van der Waals surface area contributed by atoms with Gasteiger partial charge in [0.2, 0.25) is 12.8 Å². The van der Waals surface area contributed by atoms with Crippen molar-refractivity contribution in [3.05, 3.63) is 0 Å². The predicted molar refractivity (Wildman–Crippen MR) is 102 cm³/mol. The van der Waals surface area contributed by atoms with E-state index in [9.17, 15) is 39.6 Å². The highest BCUT2D eigenvalue weighted by Gasteiger charge is 2.33. The van der Waals surface area contributed by atoms with Gasteiger partial charge in [-0.2, -0.15) is 0 Å². The summed E-state index contributed by atoms with van der Waals surface area (Å²) in [6.07, 6.45) is -6.74. The zero-order valence-electron chi connectivity index (χ0n) is 17.4. The number of ether oxygens (including phenoxy) is 2. The van der Waals surface area contributed by atoms with Crippen LogP contribution in [0.1, 0.15) is 27.7 Å². The van der Waals surface area contributed by atoms with E-state index in [4.69, 9.17) is 9.47 Å². The van der Waals surface area contributed by atoms with Crippen molar-refractivity contribution in [2.24, 2.45) is 11.8 Å². The second kappa shape index (κ2) is 13.9. The van der Waals surface area contributed by atoms with Crippen molar-refractivity contribution in [3.8, 4) is 0 Å². The van der Waals surface area contributed by atoms with Gasteiger partial charge in [0, 0.05) is 0 Å². The van der Waals surface area contributed by atoms with E-state index in [-0.39, 0.29) is 11.8 Å². The third-order valence-corrected chi connectivity index (χ3v) is 4.27.